The maximum atomic E-state index is 12.5. The van der Waals surface area contributed by atoms with Gasteiger partial charge in [0.05, 0.1) is 0 Å². The van der Waals surface area contributed by atoms with E-state index in [1.54, 1.807) is 0 Å². The van der Waals surface area contributed by atoms with E-state index in [2.05, 4.69) is 22.5 Å². The summed E-state index contributed by atoms with van der Waals surface area (Å²) in [5.41, 5.74) is -1.22. The normalized spacial score (nSPS) is 27.5. The lowest BCUT2D eigenvalue weighted by Crippen LogP contribution is -2.68. The molecule has 1 heterocycles. The van der Waals surface area contributed by atoms with Crippen LogP contribution >= 0.6 is 0 Å². The second-order valence-electron chi connectivity index (χ2n) is 6.30. The second-order valence-corrected chi connectivity index (χ2v) is 6.30. The van der Waals surface area contributed by atoms with Crippen molar-refractivity contribution in [1.82, 2.24) is 16.0 Å². The zero-order valence-corrected chi connectivity index (χ0v) is 12.3. The van der Waals surface area contributed by atoms with Crippen LogP contribution in [0.5, 0.6) is 0 Å². The van der Waals surface area contributed by atoms with Crippen LogP contribution in [-0.2, 0) is 9.59 Å². The van der Waals surface area contributed by atoms with Gasteiger partial charge in [-0.25, -0.2) is 0 Å². The van der Waals surface area contributed by atoms with Crippen LogP contribution in [0.4, 0.5) is 0 Å². The minimum absolute atomic E-state index is 0.144. The number of nitrogens with one attached hydrogen (secondary N) is 3. The highest BCUT2D eigenvalue weighted by Gasteiger charge is 2.43. The van der Waals surface area contributed by atoms with Crippen LogP contribution in [0.2, 0.25) is 0 Å². The molecule has 0 spiro atoms. The average Bonchev–Trinajstić information content (AvgIpc) is 2.26. The number of hydrogen-bond acceptors (Lipinski definition) is 3. The van der Waals surface area contributed by atoms with Gasteiger partial charge in [0.25, 0.3) is 0 Å². The lowest BCUT2D eigenvalue weighted by molar-refractivity contribution is -0.135. The smallest absolute Gasteiger partial charge is 0.247 e. The maximum Gasteiger partial charge on any atom is 0.247 e. The summed E-state index contributed by atoms with van der Waals surface area (Å²) in [6, 6.07) is 0. The Labute approximate surface area is 115 Å². The van der Waals surface area contributed by atoms with Crippen molar-refractivity contribution in [2.75, 3.05) is 13.1 Å². The van der Waals surface area contributed by atoms with E-state index in [-0.39, 0.29) is 23.3 Å². The predicted octanol–water partition coefficient (Wildman–Crippen LogP) is 0.572. The summed E-state index contributed by atoms with van der Waals surface area (Å²) in [6.07, 6.45) is 2.40. The van der Waals surface area contributed by atoms with Gasteiger partial charge in [0.15, 0.2) is 0 Å². The van der Waals surface area contributed by atoms with E-state index >= 15 is 0 Å². The van der Waals surface area contributed by atoms with Gasteiger partial charge in [-0.3, -0.25) is 9.59 Å². The van der Waals surface area contributed by atoms with Crippen LogP contribution in [0.3, 0.4) is 0 Å². The predicted molar refractivity (Wildman–Crippen MR) is 75.6 cm³/mol. The van der Waals surface area contributed by atoms with Crippen molar-refractivity contribution in [1.29, 1.82) is 0 Å². The van der Waals surface area contributed by atoms with Crippen LogP contribution in [0.25, 0.3) is 0 Å². The molecule has 1 aliphatic heterocycles. The van der Waals surface area contributed by atoms with Crippen LogP contribution in [-0.4, -0.2) is 36.0 Å². The molecule has 0 unspecified atom stereocenters. The molecule has 0 radical (unpaired) electrons. The fraction of sp³-hybridized carbons (Fsp3) is 0.714. The molecule has 3 N–H and O–H groups in total. The van der Waals surface area contributed by atoms with Crippen molar-refractivity contribution in [3.63, 3.8) is 0 Å². The molecule has 0 aromatic rings. The Morgan fingerprint density at radius 2 is 2.05 bits per heavy atom. The molecule has 0 aliphatic carbocycles. The quantitative estimate of drug-likeness (QED) is 0.655. The first-order valence-corrected chi connectivity index (χ1v) is 6.63. The standard InChI is InChI=1S/C14H25N3O2/c1-6-11-7-14(9-15-8-11,16-10(2)18)12(19)17-13(3,4)5/h6,11,15H,1,7-9H2,2-5H3,(H,16,18)(H,17,19)/t11-,14+/m0/s1. The molecule has 1 fully saturated rings. The molecule has 0 aromatic heterocycles. The molecular weight excluding hydrogens is 242 g/mol. The van der Waals surface area contributed by atoms with Crippen LogP contribution in [0, 0.1) is 5.92 Å². The average molecular weight is 267 g/mol. The van der Waals surface area contributed by atoms with Gasteiger partial charge >= 0.3 is 0 Å². The van der Waals surface area contributed by atoms with Gasteiger partial charge in [-0.05, 0) is 33.1 Å². The lowest BCUT2D eigenvalue weighted by atomic mass is 9.82. The van der Waals surface area contributed by atoms with Gasteiger partial charge in [-0.15, -0.1) is 6.58 Å². The van der Waals surface area contributed by atoms with E-state index in [1.165, 1.54) is 6.92 Å². The first-order chi connectivity index (χ1) is 8.68. The van der Waals surface area contributed by atoms with Gasteiger partial charge in [-0.1, -0.05) is 6.08 Å². The Morgan fingerprint density at radius 3 is 2.53 bits per heavy atom. The Kier molecular flexibility index (Phi) is 4.74. The molecule has 5 nitrogen and oxygen atoms in total. The molecule has 5 heteroatoms. The highest BCUT2D eigenvalue weighted by atomic mass is 16.2. The third kappa shape index (κ3) is 4.35. The van der Waals surface area contributed by atoms with Gasteiger partial charge in [0.2, 0.25) is 11.8 Å². The zero-order chi connectivity index (χ0) is 14.7. The lowest BCUT2D eigenvalue weighted by Gasteiger charge is -2.41. The van der Waals surface area contributed by atoms with Crippen molar-refractivity contribution in [2.24, 2.45) is 5.92 Å². The fourth-order valence-electron chi connectivity index (χ4n) is 2.35. The van der Waals surface area contributed by atoms with Crippen LogP contribution in [0.1, 0.15) is 34.1 Å². The SMILES string of the molecule is C=C[C@@H]1CNC[C@@](NC(C)=O)(C(=O)NC(C)(C)C)C1. The molecule has 19 heavy (non-hydrogen) atoms. The number of piperidine rings is 1. The molecule has 2 amide bonds. The highest BCUT2D eigenvalue weighted by molar-refractivity contribution is 5.91. The summed E-state index contributed by atoms with van der Waals surface area (Å²) in [4.78, 5) is 24.0. The molecule has 108 valence electrons. The van der Waals surface area contributed by atoms with Gasteiger partial charge in [-0.2, -0.15) is 0 Å². The zero-order valence-electron chi connectivity index (χ0n) is 12.3. The van der Waals surface area contributed by atoms with E-state index in [1.807, 2.05) is 26.8 Å². The van der Waals surface area contributed by atoms with Crippen molar-refractivity contribution in [3.05, 3.63) is 12.7 Å². The molecule has 1 saturated heterocycles. The Hall–Kier alpha value is -1.36. The maximum absolute atomic E-state index is 12.5. The molecule has 1 rings (SSSR count). The minimum Gasteiger partial charge on any atom is -0.349 e. The summed E-state index contributed by atoms with van der Waals surface area (Å²) in [7, 11) is 0. The second kappa shape index (κ2) is 5.74. The van der Waals surface area contributed by atoms with E-state index in [0.29, 0.717) is 13.0 Å². The van der Waals surface area contributed by atoms with Gasteiger partial charge in [0.1, 0.15) is 5.54 Å². The van der Waals surface area contributed by atoms with E-state index in [9.17, 15) is 9.59 Å². The van der Waals surface area contributed by atoms with E-state index in [0.717, 1.165) is 6.54 Å². The summed E-state index contributed by atoms with van der Waals surface area (Å²) in [6.45, 7) is 12.2. The van der Waals surface area contributed by atoms with Crippen LogP contribution in [0.15, 0.2) is 12.7 Å². The summed E-state index contributed by atoms with van der Waals surface area (Å²) in [5, 5.41) is 8.97. The first-order valence-electron chi connectivity index (χ1n) is 6.63. The minimum atomic E-state index is -0.893. The monoisotopic (exact) mass is 267 g/mol. The third-order valence-electron chi connectivity index (χ3n) is 3.12. The molecule has 0 aromatic carbocycles. The Bertz CT molecular complexity index is 373. The highest BCUT2D eigenvalue weighted by Crippen LogP contribution is 2.23. The number of hydrogen-bond donors (Lipinski definition) is 3. The largest absolute Gasteiger partial charge is 0.349 e. The molecular formula is C14H25N3O2. The van der Waals surface area contributed by atoms with E-state index < -0.39 is 5.54 Å². The summed E-state index contributed by atoms with van der Waals surface area (Å²) >= 11 is 0. The van der Waals surface area contributed by atoms with Gasteiger partial charge in [0, 0.05) is 25.6 Å². The first kappa shape index (κ1) is 15.7. The molecule has 1 aliphatic rings. The Balaban J connectivity index is 2.95. The van der Waals surface area contributed by atoms with E-state index in [4.69, 9.17) is 0 Å². The number of carbonyl (C=O) groups excluding carboxylic acids is 2. The molecule has 0 saturated carbocycles. The van der Waals surface area contributed by atoms with Crippen molar-refractivity contribution in [3.8, 4) is 0 Å². The molecule has 0 bridgehead atoms. The fourth-order valence-corrected chi connectivity index (χ4v) is 2.35. The van der Waals surface area contributed by atoms with Crippen molar-refractivity contribution in [2.45, 2.75) is 45.2 Å². The summed E-state index contributed by atoms with van der Waals surface area (Å²) in [5.74, 6) is -0.170. The van der Waals surface area contributed by atoms with Gasteiger partial charge < -0.3 is 16.0 Å². The third-order valence-corrected chi connectivity index (χ3v) is 3.12. The van der Waals surface area contributed by atoms with Crippen LogP contribution < -0.4 is 16.0 Å². The number of rotatable bonds is 3. The number of carbonyl (C=O) groups is 2. The summed E-state index contributed by atoms with van der Waals surface area (Å²) < 4.78 is 0. The van der Waals surface area contributed by atoms with Crippen molar-refractivity contribution >= 4 is 11.8 Å². The molecule has 2 atom stereocenters. The Morgan fingerprint density at radius 1 is 1.42 bits per heavy atom. The number of amides is 2. The van der Waals surface area contributed by atoms with Crippen molar-refractivity contribution < 1.29 is 9.59 Å². The topological polar surface area (TPSA) is 70.2 Å².